The molecule has 26 heavy (non-hydrogen) atoms. The van der Waals surface area contributed by atoms with E-state index in [0.29, 0.717) is 26.0 Å². The molecule has 132 valence electrons. The van der Waals surface area contributed by atoms with Gasteiger partial charge in [-0.3, -0.25) is 9.59 Å². The molecule has 3 N–H and O–H groups in total. The number of aromatic amines is 1. The topological polar surface area (TPSA) is 106 Å². The summed E-state index contributed by atoms with van der Waals surface area (Å²) in [6.07, 6.45) is 0. The van der Waals surface area contributed by atoms with Gasteiger partial charge in [-0.2, -0.15) is 5.26 Å². The minimum Gasteiger partial charge on any atom is -0.506 e. The number of hydrogen-bond acceptors (Lipinski definition) is 6. The number of aromatic hydroxyl groups is 1. The van der Waals surface area contributed by atoms with Gasteiger partial charge in [-0.05, 0) is 17.7 Å². The Morgan fingerprint density at radius 3 is 2.96 bits per heavy atom. The van der Waals surface area contributed by atoms with Crippen LogP contribution < -0.4 is 10.9 Å². The van der Waals surface area contributed by atoms with Gasteiger partial charge in [-0.15, -0.1) is 23.1 Å². The second-order valence-corrected chi connectivity index (χ2v) is 8.00. The van der Waals surface area contributed by atoms with Crippen molar-refractivity contribution in [3.05, 3.63) is 56.8 Å². The maximum absolute atomic E-state index is 12.1. The zero-order valence-electron chi connectivity index (χ0n) is 13.2. The van der Waals surface area contributed by atoms with E-state index in [2.05, 4.69) is 10.3 Å². The molecule has 0 saturated carbocycles. The Morgan fingerprint density at radius 1 is 1.42 bits per heavy atom. The van der Waals surface area contributed by atoms with E-state index in [1.165, 1.54) is 23.1 Å². The Hall–Kier alpha value is -2.47. The van der Waals surface area contributed by atoms with E-state index in [4.69, 9.17) is 11.6 Å². The summed E-state index contributed by atoms with van der Waals surface area (Å²) in [5.74, 6) is -0.274. The highest BCUT2D eigenvalue weighted by atomic mass is 35.5. The minimum absolute atomic E-state index is 0.104. The highest BCUT2D eigenvalue weighted by molar-refractivity contribution is 8.02. The summed E-state index contributed by atoms with van der Waals surface area (Å²) in [5.41, 5.74) is 0.952. The fraction of sp³-hybridized carbons (Fsp3) is 0.118. The van der Waals surface area contributed by atoms with Crippen LogP contribution in [0.25, 0.3) is 10.2 Å². The zero-order valence-corrected chi connectivity index (χ0v) is 15.6. The number of nitrogens with one attached hydrogen (secondary N) is 2. The smallest absolute Gasteiger partial charge is 0.252 e. The molecule has 2 aromatic heterocycles. The molecule has 9 heteroatoms. The molecule has 1 amide bonds. The third kappa shape index (κ3) is 4.02. The Balaban J connectivity index is 1.69. The number of amides is 1. The summed E-state index contributed by atoms with van der Waals surface area (Å²) in [6, 6.07) is 10.3. The molecule has 0 fully saturated rings. The molecule has 0 aliphatic carbocycles. The maximum atomic E-state index is 12.1. The zero-order chi connectivity index (χ0) is 18.7. The summed E-state index contributed by atoms with van der Waals surface area (Å²) >= 11 is 8.25. The van der Waals surface area contributed by atoms with Crippen LogP contribution in [0, 0.1) is 11.3 Å². The van der Waals surface area contributed by atoms with E-state index in [1.807, 2.05) is 18.2 Å². The van der Waals surface area contributed by atoms with Gasteiger partial charge in [0.25, 0.3) is 5.56 Å². The van der Waals surface area contributed by atoms with Gasteiger partial charge in [0.1, 0.15) is 17.4 Å². The molecule has 0 aliphatic rings. The van der Waals surface area contributed by atoms with Crippen LogP contribution in [-0.4, -0.2) is 21.8 Å². The van der Waals surface area contributed by atoms with Gasteiger partial charge < -0.3 is 15.4 Å². The van der Waals surface area contributed by atoms with Crippen LogP contribution in [0.4, 0.5) is 0 Å². The molecule has 3 aromatic rings. The number of thioether (sulfide) groups is 1. The summed E-state index contributed by atoms with van der Waals surface area (Å²) in [6.45, 7) is 0.353. The van der Waals surface area contributed by atoms with Crippen LogP contribution >= 0.6 is 34.7 Å². The Bertz CT molecular complexity index is 1090. The highest BCUT2D eigenvalue weighted by Crippen LogP contribution is 2.39. The third-order valence-electron chi connectivity index (χ3n) is 3.45. The van der Waals surface area contributed by atoms with Crippen molar-refractivity contribution in [2.75, 3.05) is 5.75 Å². The number of hydrogen-bond donors (Lipinski definition) is 3. The SMILES string of the molecule is N#Cc1c(SCC(=O)NCc2cccc(Cl)c2)sc2c(O)cc(=O)[nH]c12. The number of halogens is 1. The third-order valence-corrected chi connectivity index (χ3v) is 6.17. The lowest BCUT2D eigenvalue weighted by Gasteiger charge is -2.05. The van der Waals surface area contributed by atoms with Gasteiger partial charge in [-0.25, -0.2) is 0 Å². The second-order valence-electron chi connectivity index (χ2n) is 5.29. The quantitative estimate of drug-likeness (QED) is 0.565. The van der Waals surface area contributed by atoms with Gasteiger partial charge in [0.05, 0.1) is 20.2 Å². The van der Waals surface area contributed by atoms with Crippen molar-refractivity contribution in [2.24, 2.45) is 0 Å². The lowest BCUT2D eigenvalue weighted by atomic mass is 10.2. The lowest BCUT2D eigenvalue weighted by Crippen LogP contribution is -2.24. The van der Waals surface area contributed by atoms with Crippen LogP contribution in [0.2, 0.25) is 5.02 Å². The molecule has 2 heterocycles. The van der Waals surface area contributed by atoms with Crippen LogP contribution in [0.15, 0.2) is 39.3 Å². The van der Waals surface area contributed by atoms with Gasteiger partial charge in [-0.1, -0.05) is 23.7 Å². The highest BCUT2D eigenvalue weighted by Gasteiger charge is 2.17. The number of nitrogens with zero attached hydrogens (tertiary/aromatic N) is 1. The molecule has 3 rings (SSSR count). The Labute approximate surface area is 161 Å². The van der Waals surface area contributed by atoms with Crippen molar-refractivity contribution in [3.63, 3.8) is 0 Å². The molecule has 0 saturated heterocycles. The van der Waals surface area contributed by atoms with Gasteiger partial charge >= 0.3 is 0 Å². The minimum atomic E-state index is -0.486. The molecular weight excluding hydrogens is 394 g/mol. The Kier molecular flexibility index (Phi) is 5.52. The van der Waals surface area contributed by atoms with Crippen molar-refractivity contribution in [1.29, 1.82) is 5.26 Å². The number of fused-ring (bicyclic) bond motifs is 1. The summed E-state index contributed by atoms with van der Waals surface area (Å²) in [5, 5.41) is 22.6. The number of pyridine rings is 1. The number of carbonyl (C=O) groups is 1. The average molecular weight is 406 g/mol. The predicted octanol–water partition coefficient (Wildman–Crippen LogP) is 3.23. The van der Waals surface area contributed by atoms with Crippen molar-refractivity contribution < 1.29 is 9.90 Å². The first-order chi connectivity index (χ1) is 12.5. The number of H-pyrrole nitrogens is 1. The van der Waals surface area contributed by atoms with Crippen molar-refractivity contribution in [1.82, 2.24) is 10.3 Å². The van der Waals surface area contributed by atoms with E-state index in [1.54, 1.807) is 12.1 Å². The summed E-state index contributed by atoms with van der Waals surface area (Å²) in [4.78, 5) is 26.1. The van der Waals surface area contributed by atoms with Crippen LogP contribution in [-0.2, 0) is 11.3 Å². The summed E-state index contributed by atoms with van der Waals surface area (Å²) < 4.78 is 0.987. The van der Waals surface area contributed by atoms with E-state index in [-0.39, 0.29) is 23.0 Å². The molecule has 0 atom stereocenters. The molecule has 1 aromatic carbocycles. The number of nitriles is 1. The number of thiophene rings is 1. The van der Waals surface area contributed by atoms with Crippen molar-refractivity contribution >= 4 is 50.8 Å². The number of carbonyl (C=O) groups excluding carboxylic acids is 1. The van der Waals surface area contributed by atoms with Crippen molar-refractivity contribution in [3.8, 4) is 11.8 Å². The average Bonchev–Trinajstić information content (AvgIpc) is 2.96. The predicted molar refractivity (Wildman–Crippen MR) is 103 cm³/mol. The monoisotopic (exact) mass is 405 g/mol. The van der Waals surface area contributed by atoms with Crippen LogP contribution in [0.1, 0.15) is 11.1 Å². The molecule has 0 aliphatic heterocycles. The van der Waals surface area contributed by atoms with Gasteiger partial charge in [0, 0.05) is 17.6 Å². The molecule has 0 bridgehead atoms. The molecule has 6 nitrogen and oxygen atoms in total. The molecular formula is C17H12ClN3O3S2. The van der Waals surface area contributed by atoms with Gasteiger partial charge in [0.2, 0.25) is 5.91 Å². The molecule has 0 unspecified atom stereocenters. The maximum Gasteiger partial charge on any atom is 0.252 e. The second kappa shape index (κ2) is 7.83. The van der Waals surface area contributed by atoms with Crippen LogP contribution in [0.3, 0.4) is 0 Å². The van der Waals surface area contributed by atoms with Gasteiger partial charge in [0.15, 0.2) is 0 Å². The first kappa shape index (κ1) is 18.3. The summed E-state index contributed by atoms with van der Waals surface area (Å²) in [7, 11) is 0. The normalized spacial score (nSPS) is 10.6. The number of benzene rings is 1. The van der Waals surface area contributed by atoms with E-state index in [0.717, 1.165) is 11.6 Å². The largest absolute Gasteiger partial charge is 0.506 e. The standard InChI is InChI=1S/C17H12ClN3O3S2/c18-10-3-1-2-9(4-10)7-20-14(24)8-25-17-11(6-19)15-16(26-17)12(22)5-13(23)21-15/h1-5H,7-8H2,(H,20,24)(H2,21,22,23). The Morgan fingerprint density at radius 2 is 2.23 bits per heavy atom. The van der Waals surface area contributed by atoms with E-state index < -0.39 is 5.56 Å². The van der Waals surface area contributed by atoms with Crippen molar-refractivity contribution in [2.45, 2.75) is 10.8 Å². The number of rotatable bonds is 5. The van der Waals surface area contributed by atoms with E-state index in [9.17, 15) is 20.0 Å². The first-order valence-corrected chi connectivity index (χ1v) is 9.58. The molecule has 0 spiro atoms. The van der Waals surface area contributed by atoms with E-state index >= 15 is 0 Å². The number of aromatic nitrogens is 1. The lowest BCUT2D eigenvalue weighted by molar-refractivity contribution is -0.118. The first-order valence-electron chi connectivity index (χ1n) is 7.40. The van der Waals surface area contributed by atoms with Crippen LogP contribution in [0.5, 0.6) is 5.75 Å². The fourth-order valence-electron chi connectivity index (χ4n) is 2.29. The fourth-order valence-corrected chi connectivity index (χ4v) is 4.68. The molecule has 0 radical (unpaired) electrons.